The monoisotopic (exact) mass is 169 g/mol. The topological polar surface area (TPSA) is 64.8 Å². The summed E-state index contributed by atoms with van der Waals surface area (Å²) >= 11 is 0. The van der Waals surface area contributed by atoms with Gasteiger partial charge in [-0.05, 0) is 12.2 Å². The summed E-state index contributed by atoms with van der Waals surface area (Å²) < 4.78 is 0. The van der Waals surface area contributed by atoms with Crippen LogP contribution < -0.4 is 10.0 Å². The highest BCUT2D eigenvalue weighted by Gasteiger charge is 2.09. The van der Waals surface area contributed by atoms with Gasteiger partial charge in [-0.15, -0.1) is 0 Å². The van der Waals surface area contributed by atoms with Crippen molar-refractivity contribution < 1.29 is 19.9 Å². The molecule has 1 atom stereocenters. The Bertz CT molecular complexity index is 232. The molecule has 0 fully saturated rings. The molecule has 1 rings (SSSR count). The predicted octanol–water partition coefficient (Wildman–Crippen LogP) is -2.93. The van der Waals surface area contributed by atoms with Crippen LogP contribution in [0.4, 0.5) is 0 Å². The first-order valence-corrected chi connectivity index (χ1v) is 3.79. The quantitative estimate of drug-likeness (QED) is 0.475. The number of carbonyl (C=O) groups is 1. The molecule has 0 aromatic carbocycles. The van der Waals surface area contributed by atoms with Crippen LogP contribution in [0.25, 0.3) is 0 Å². The van der Waals surface area contributed by atoms with Gasteiger partial charge in [-0.25, -0.2) is 0 Å². The van der Waals surface area contributed by atoms with Crippen molar-refractivity contribution in [2.75, 3.05) is 19.7 Å². The molecule has 0 bridgehead atoms. The first-order chi connectivity index (χ1) is 5.74. The molecule has 0 aliphatic carbocycles. The van der Waals surface area contributed by atoms with Crippen LogP contribution in [-0.4, -0.2) is 30.8 Å². The number of quaternary nitrogens is 1. The second-order valence-electron chi connectivity index (χ2n) is 2.63. The van der Waals surface area contributed by atoms with Crippen molar-refractivity contribution in [3.63, 3.8) is 0 Å². The van der Waals surface area contributed by atoms with Gasteiger partial charge in [0.15, 0.2) is 0 Å². The van der Waals surface area contributed by atoms with E-state index in [9.17, 15) is 9.90 Å². The van der Waals surface area contributed by atoms with Crippen molar-refractivity contribution in [2.24, 2.45) is 0 Å². The van der Waals surface area contributed by atoms with Crippen LogP contribution in [0, 0.1) is 0 Å². The third-order valence-electron chi connectivity index (χ3n) is 1.71. The van der Waals surface area contributed by atoms with Crippen molar-refractivity contribution in [3.8, 4) is 0 Å². The van der Waals surface area contributed by atoms with Gasteiger partial charge in [0.1, 0.15) is 19.3 Å². The Hall–Kier alpha value is -1.13. The summed E-state index contributed by atoms with van der Waals surface area (Å²) in [6, 6.07) is 0. The van der Waals surface area contributed by atoms with E-state index in [1.807, 2.05) is 0 Å². The van der Waals surface area contributed by atoms with Gasteiger partial charge in [0.05, 0.1) is 18.1 Å². The van der Waals surface area contributed by atoms with E-state index in [1.165, 1.54) is 6.08 Å². The molecule has 0 aromatic rings. The molecule has 0 saturated carbocycles. The van der Waals surface area contributed by atoms with Crippen LogP contribution in [0.15, 0.2) is 23.9 Å². The lowest BCUT2D eigenvalue weighted by Gasteiger charge is -2.16. The number of aliphatic hydroxyl groups excluding tert-OH is 1. The summed E-state index contributed by atoms with van der Waals surface area (Å²) in [7, 11) is 0. The Morgan fingerprint density at radius 2 is 2.50 bits per heavy atom. The molecule has 0 aromatic heterocycles. The third kappa shape index (κ3) is 2.18. The van der Waals surface area contributed by atoms with Gasteiger partial charge in [0.25, 0.3) is 0 Å². The minimum atomic E-state index is -1.17. The van der Waals surface area contributed by atoms with Gasteiger partial charge < -0.3 is 19.9 Å². The normalized spacial score (nSPS) is 22.1. The van der Waals surface area contributed by atoms with E-state index in [-0.39, 0.29) is 12.2 Å². The van der Waals surface area contributed by atoms with Crippen molar-refractivity contribution in [2.45, 2.75) is 0 Å². The number of carboxylic acid groups (broad SMARTS) is 1. The molecule has 1 heterocycles. The molecule has 2 N–H and O–H groups in total. The van der Waals surface area contributed by atoms with Gasteiger partial charge >= 0.3 is 0 Å². The van der Waals surface area contributed by atoms with E-state index >= 15 is 0 Å². The highest BCUT2D eigenvalue weighted by molar-refractivity contribution is 5.87. The zero-order valence-electron chi connectivity index (χ0n) is 6.62. The van der Waals surface area contributed by atoms with Crippen molar-refractivity contribution in [1.82, 2.24) is 0 Å². The predicted molar refractivity (Wildman–Crippen MR) is 40.0 cm³/mol. The van der Waals surface area contributed by atoms with Crippen LogP contribution in [0.2, 0.25) is 0 Å². The number of carbonyl (C=O) groups excluding carboxylic acids is 1. The Morgan fingerprint density at radius 3 is 3.08 bits per heavy atom. The summed E-state index contributed by atoms with van der Waals surface area (Å²) in [5.41, 5.74) is 0.185. The maximum atomic E-state index is 10.4. The van der Waals surface area contributed by atoms with E-state index < -0.39 is 5.97 Å². The number of hydrogen-bond donors (Lipinski definition) is 2. The van der Waals surface area contributed by atoms with Gasteiger partial charge in [0, 0.05) is 0 Å². The van der Waals surface area contributed by atoms with E-state index in [4.69, 9.17) is 5.11 Å². The van der Waals surface area contributed by atoms with Gasteiger partial charge in [-0.3, -0.25) is 0 Å². The standard InChI is InChI=1S/C8H11NO3/c10-5-4-9-3-1-2-7(6-9)8(11)12/h1-2,6,10H,3-5H2,(H,11,12). The second kappa shape index (κ2) is 4.04. The highest BCUT2D eigenvalue weighted by Crippen LogP contribution is 1.93. The summed E-state index contributed by atoms with van der Waals surface area (Å²) in [5.74, 6) is -1.17. The Labute approximate surface area is 70.4 Å². The number of aliphatic hydroxyl groups is 1. The SMILES string of the molecule is O=C([O-])C1=C[NH+](CCO)CC=C1. The average molecular weight is 169 g/mol. The summed E-state index contributed by atoms with van der Waals surface area (Å²) in [4.78, 5) is 11.3. The zero-order chi connectivity index (χ0) is 8.97. The summed E-state index contributed by atoms with van der Waals surface area (Å²) in [6.45, 7) is 1.30. The van der Waals surface area contributed by atoms with E-state index in [2.05, 4.69) is 0 Å². The molecule has 4 nitrogen and oxygen atoms in total. The molecule has 12 heavy (non-hydrogen) atoms. The van der Waals surface area contributed by atoms with E-state index in [0.717, 1.165) is 11.4 Å². The fourth-order valence-corrected chi connectivity index (χ4v) is 1.11. The van der Waals surface area contributed by atoms with Crippen LogP contribution >= 0.6 is 0 Å². The lowest BCUT2D eigenvalue weighted by atomic mass is 10.2. The maximum absolute atomic E-state index is 10.4. The zero-order valence-corrected chi connectivity index (χ0v) is 6.62. The first-order valence-electron chi connectivity index (χ1n) is 3.79. The minimum Gasteiger partial charge on any atom is -0.545 e. The molecular formula is C8H11NO3. The largest absolute Gasteiger partial charge is 0.545 e. The highest BCUT2D eigenvalue weighted by atomic mass is 16.4. The lowest BCUT2D eigenvalue weighted by molar-refractivity contribution is -0.841. The van der Waals surface area contributed by atoms with Crippen molar-refractivity contribution >= 4 is 5.97 Å². The number of nitrogens with one attached hydrogen (secondary N) is 1. The van der Waals surface area contributed by atoms with Crippen molar-refractivity contribution in [3.05, 3.63) is 23.9 Å². The summed E-state index contributed by atoms with van der Waals surface area (Å²) in [5, 5.41) is 19.0. The van der Waals surface area contributed by atoms with Crippen molar-refractivity contribution in [1.29, 1.82) is 0 Å². The molecule has 0 amide bonds. The molecule has 1 aliphatic heterocycles. The molecule has 66 valence electrons. The smallest absolute Gasteiger partial charge is 0.105 e. The first kappa shape index (κ1) is 8.96. The number of carboxylic acids is 1. The molecular weight excluding hydrogens is 158 g/mol. The molecule has 0 radical (unpaired) electrons. The van der Waals surface area contributed by atoms with Gasteiger partial charge in [-0.2, -0.15) is 0 Å². The van der Waals surface area contributed by atoms with Crippen LogP contribution in [0.1, 0.15) is 0 Å². The molecule has 1 aliphatic rings. The maximum Gasteiger partial charge on any atom is 0.105 e. The Balaban J connectivity index is 2.62. The fraction of sp³-hybridized carbons (Fsp3) is 0.375. The lowest BCUT2D eigenvalue weighted by Crippen LogP contribution is -3.08. The number of rotatable bonds is 3. The number of aliphatic carboxylic acids is 1. The van der Waals surface area contributed by atoms with Crippen LogP contribution in [0.5, 0.6) is 0 Å². The Kier molecular flexibility index (Phi) is 3.01. The van der Waals surface area contributed by atoms with Crippen LogP contribution in [-0.2, 0) is 4.79 Å². The Morgan fingerprint density at radius 1 is 1.75 bits per heavy atom. The minimum absolute atomic E-state index is 0.0556. The second-order valence-corrected chi connectivity index (χ2v) is 2.63. The van der Waals surface area contributed by atoms with E-state index in [0.29, 0.717) is 6.54 Å². The fourth-order valence-electron chi connectivity index (χ4n) is 1.11. The molecule has 1 unspecified atom stereocenters. The molecule has 0 spiro atoms. The van der Waals surface area contributed by atoms with Gasteiger partial charge in [-0.1, -0.05) is 0 Å². The average Bonchev–Trinajstić information content (AvgIpc) is 2.05. The van der Waals surface area contributed by atoms with Gasteiger partial charge in [0.2, 0.25) is 0 Å². The third-order valence-corrected chi connectivity index (χ3v) is 1.71. The van der Waals surface area contributed by atoms with Crippen LogP contribution in [0.3, 0.4) is 0 Å². The number of hydrogen-bond acceptors (Lipinski definition) is 3. The molecule has 0 saturated heterocycles. The summed E-state index contributed by atoms with van der Waals surface area (Å²) in [6.07, 6.45) is 4.85. The van der Waals surface area contributed by atoms with E-state index in [1.54, 1.807) is 12.3 Å². The molecule has 4 heteroatoms.